The molecule has 0 saturated heterocycles. The average Bonchev–Trinajstić information content (AvgIpc) is 2.79. The molecule has 0 amide bonds. The van der Waals surface area contributed by atoms with Crippen molar-refractivity contribution in [3.8, 4) is 0 Å². The SMILES string of the molecule is C[C@H]1CC[C@]2(C(=O)O)CCC3(C)C(=CCC4[C@@]5(C)CC[C@H](O)[C@@](C)(CO)C5CC[C@]43C)C2[C@]1(C)O. The van der Waals surface area contributed by atoms with Gasteiger partial charge >= 0.3 is 5.97 Å². The third-order valence-corrected chi connectivity index (χ3v) is 13.6. The highest BCUT2D eigenvalue weighted by Crippen LogP contribution is 2.76. The minimum atomic E-state index is -1.04. The predicted molar refractivity (Wildman–Crippen MR) is 135 cm³/mol. The molecule has 0 heterocycles. The summed E-state index contributed by atoms with van der Waals surface area (Å²) >= 11 is 0. The lowest BCUT2D eigenvalue weighted by atomic mass is 9.33. The van der Waals surface area contributed by atoms with Gasteiger partial charge in [0.25, 0.3) is 0 Å². The van der Waals surface area contributed by atoms with Crippen LogP contribution in [0.25, 0.3) is 0 Å². The van der Waals surface area contributed by atoms with Gasteiger partial charge in [0.15, 0.2) is 0 Å². The molecule has 5 aliphatic carbocycles. The van der Waals surface area contributed by atoms with E-state index in [0.29, 0.717) is 18.8 Å². The fourth-order valence-electron chi connectivity index (χ4n) is 10.9. The van der Waals surface area contributed by atoms with E-state index in [2.05, 4.69) is 40.7 Å². The fourth-order valence-corrected chi connectivity index (χ4v) is 10.9. The summed E-state index contributed by atoms with van der Waals surface area (Å²) in [5, 5.41) is 43.8. The van der Waals surface area contributed by atoms with Gasteiger partial charge in [-0.2, -0.15) is 0 Å². The number of rotatable bonds is 2. The van der Waals surface area contributed by atoms with Gasteiger partial charge in [-0.15, -0.1) is 0 Å². The van der Waals surface area contributed by atoms with Crippen molar-refractivity contribution in [2.75, 3.05) is 6.61 Å². The lowest BCUT2D eigenvalue weighted by Gasteiger charge is -2.71. The number of carboxylic acids is 1. The highest BCUT2D eigenvalue weighted by molar-refractivity contribution is 5.77. The molecular formula is C30H48O5. The summed E-state index contributed by atoms with van der Waals surface area (Å²) < 4.78 is 0. The summed E-state index contributed by atoms with van der Waals surface area (Å²) in [7, 11) is 0. The van der Waals surface area contributed by atoms with Crippen molar-refractivity contribution < 1.29 is 25.2 Å². The Bertz CT molecular complexity index is 941. The maximum Gasteiger partial charge on any atom is 0.310 e. The molecule has 4 N–H and O–H groups in total. The summed E-state index contributed by atoms with van der Waals surface area (Å²) in [6.45, 7) is 13.3. The summed E-state index contributed by atoms with van der Waals surface area (Å²) in [4.78, 5) is 12.8. The lowest BCUT2D eigenvalue weighted by molar-refractivity contribution is -0.225. The van der Waals surface area contributed by atoms with Crippen molar-refractivity contribution in [3.05, 3.63) is 11.6 Å². The Labute approximate surface area is 211 Å². The molecule has 0 spiro atoms. The molecule has 0 bridgehead atoms. The van der Waals surface area contributed by atoms with Crippen molar-refractivity contribution >= 4 is 5.97 Å². The average molecular weight is 489 g/mol. The molecule has 5 nitrogen and oxygen atoms in total. The third-order valence-electron chi connectivity index (χ3n) is 13.6. The second-order valence-electron chi connectivity index (χ2n) is 14.6. The van der Waals surface area contributed by atoms with Crippen molar-refractivity contribution in [1.29, 1.82) is 0 Å². The van der Waals surface area contributed by atoms with Crippen LogP contribution < -0.4 is 0 Å². The molecule has 198 valence electrons. The predicted octanol–water partition coefficient (Wildman–Crippen LogP) is 5.18. The quantitative estimate of drug-likeness (QED) is 0.402. The molecule has 4 unspecified atom stereocenters. The third kappa shape index (κ3) is 2.90. The van der Waals surface area contributed by atoms with Crippen molar-refractivity contribution in [2.24, 2.45) is 50.7 Å². The van der Waals surface area contributed by atoms with Crippen LogP contribution in [0.3, 0.4) is 0 Å². The maximum atomic E-state index is 12.8. The highest BCUT2D eigenvalue weighted by Gasteiger charge is 2.71. The topological polar surface area (TPSA) is 98.0 Å². The first-order valence-electron chi connectivity index (χ1n) is 14.1. The van der Waals surface area contributed by atoms with Crippen LogP contribution in [0.2, 0.25) is 0 Å². The van der Waals surface area contributed by atoms with Gasteiger partial charge in [-0.25, -0.2) is 0 Å². The van der Waals surface area contributed by atoms with Crippen LogP contribution in [0.1, 0.15) is 99.3 Å². The van der Waals surface area contributed by atoms with Gasteiger partial charge in [-0.1, -0.05) is 46.3 Å². The van der Waals surface area contributed by atoms with Crippen LogP contribution in [0.5, 0.6) is 0 Å². The molecule has 5 rings (SSSR count). The van der Waals surface area contributed by atoms with Crippen LogP contribution in [-0.2, 0) is 4.79 Å². The van der Waals surface area contributed by atoms with Crippen LogP contribution in [0, 0.1) is 50.7 Å². The van der Waals surface area contributed by atoms with Crippen LogP contribution in [0.4, 0.5) is 0 Å². The molecule has 5 aliphatic rings. The summed E-state index contributed by atoms with van der Waals surface area (Å²) in [6, 6.07) is 0. The zero-order chi connectivity index (χ0) is 25.8. The number of allylic oxidation sites excluding steroid dienone is 1. The summed E-state index contributed by atoms with van der Waals surface area (Å²) in [6.07, 6.45) is 9.32. The van der Waals surface area contributed by atoms with E-state index in [-0.39, 0.29) is 40.6 Å². The minimum absolute atomic E-state index is 0.0115. The first-order chi connectivity index (χ1) is 16.1. The Morgan fingerprint density at radius 3 is 2.29 bits per heavy atom. The molecule has 4 fully saturated rings. The van der Waals surface area contributed by atoms with Crippen molar-refractivity contribution in [2.45, 2.75) is 111 Å². The van der Waals surface area contributed by atoms with Gasteiger partial charge < -0.3 is 20.4 Å². The van der Waals surface area contributed by atoms with Crippen molar-refractivity contribution in [3.63, 3.8) is 0 Å². The number of fused-ring (bicyclic) bond motifs is 7. The Hall–Kier alpha value is -0.910. The second kappa shape index (κ2) is 7.57. The first kappa shape index (κ1) is 25.7. The largest absolute Gasteiger partial charge is 0.481 e. The number of hydrogen-bond donors (Lipinski definition) is 4. The molecule has 0 aliphatic heterocycles. The van der Waals surface area contributed by atoms with Crippen molar-refractivity contribution in [1.82, 2.24) is 0 Å². The molecule has 5 heteroatoms. The molecule has 0 aromatic carbocycles. The molecule has 0 aromatic rings. The standard InChI is InChI=1S/C30H48O5/c1-18-9-14-30(24(33)34)16-15-27(4)19(23(30)29(18,6)35)7-8-21-25(2)12-11-22(32)26(3,17-31)20(25)10-13-28(21,27)5/h7,18,20-23,31-32,35H,8-17H2,1-6H3,(H,33,34)/t18-,20?,21?,22-,23?,25-,26-,27?,28+,29+,30-/m0/s1. The number of aliphatic carboxylic acids is 1. The van der Waals surface area contributed by atoms with Gasteiger partial charge in [0.1, 0.15) is 0 Å². The van der Waals surface area contributed by atoms with E-state index in [1.807, 2.05) is 6.92 Å². The van der Waals surface area contributed by atoms with Gasteiger partial charge in [0, 0.05) is 11.3 Å². The van der Waals surface area contributed by atoms with E-state index in [4.69, 9.17) is 0 Å². The summed E-state index contributed by atoms with van der Waals surface area (Å²) in [5.74, 6) is -0.356. The number of carboxylic acid groups (broad SMARTS) is 1. The molecule has 11 atom stereocenters. The van der Waals surface area contributed by atoms with Gasteiger partial charge in [0.2, 0.25) is 0 Å². The number of hydrogen-bond acceptors (Lipinski definition) is 4. The van der Waals surface area contributed by atoms with E-state index >= 15 is 0 Å². The van der Waals surface area contributed by atoms with Gasteiger partial charge in [-0.05, 0) is 98.7 Å². The Balaban J connectivity index is 1.64. The number of carbonyl (C=O) groups is 1. The van der Waals surface area contributed by atoms with E-state index in [1.165, 1.54) is 5.57 Å². The van der Waals surface area contributed by atoms with E-state index in [1.54, 1.807) is 0 Å². The zero-order valence-corrected chi connectivity index (χ0v) is 22.7. The highest BCUT2D eigenvalue weighted by atomic mass is 16.4. The smallest absolute Gasteiger partial charge is 0.310 e. The van der Waals surface area contributed by atoms with E-state index < -0.39 is 28.5 Å². The van der Waals surface area contributed by atoms with Crippen LogP contribution >= 0.6 is 0 Å². The lowest BCUT2D eigenvalue weighted by Crippen LogP contribution is -2.68. The second-order valence-corrected chi connectivity index (χ2v) is 14.6. The molecule has 4 saturated carbocycles. The molecule has 35 heavy (non-hydrogen) atoms. The van der Waals surface area contributed by atoms with E-state index in [9.17, 15) is 25.2 Å². The van der Waals surface area contributed by atoms with Gasteiger partial charge in [-0.3, -0.25) is 4.79 Å². The minimum Gasteiger partial charge on any atom is -0.481 e. The molecular weight excluding hydrogens is 440 g/mol. The molecule has 0 aromatic heterocycles. The fraction of sp³-hybridized carbons (Fsp3) is 0.900. The number of aliphatic hydroxyl groups is 3. The zero-order valence-electron chi connectivity index (χ0n) is 22.7. The normalized spacial score (nSPS) is 57.7. The number of aliphatic hydroxyl groups excluding tert-OH is 2. The Morgan fingerprint density at radius 1 is 0.971 bits per heavy atom. The monoisotopic (exact) mass is 488 g/mol. The Morgan fingerprint density at radius 2 is 1.66 bits per heavy atom. The maximum absolute atomic E-state index is 12.8. The Kier molecular flexibility index (Phi) is 5.56. The van der Waals surface area contributed by atoms with Crippen LogP contribution in [0.15, 0.2) is 11.6 Å². The van der Waals surface area contributed by atoms with Crippen LogP contribution in [-0.4, -0.2) is 44.7 Å². The summed E-state index contributed by atoms with van der Waals surface area (Å²) in [5.41, 5.74) is -1.35. The van der Waals surface area contributed by atoms with E-state index in [0.717, 1.165) is 44.9 Å². The molecule has 0 radical (unpaired) electrons. The first-order valence-corrected chi connectivity index (χ1v) is 14.1. The van der Waals surface area contributed by atoms with Gasteiger partial charge in [0.05, 0.1) is 23.7 Å².